The largest absolute Gasteiger partial charge is 0.462 e. The first kappa shape index (κ1) is 13.6. The third kappa shape index (κ3) is 3.01. The number of rotatable bonds is 3. The standard InChI is InChI=1S/C11H8BrF2NO2/c1-2-17-11(16)7-4-9(12)8(10(13)14)3-6(7)5-15/h3-4,10H,2H2,1H3. The molecule has 0 atom stereocenters. The zero-order valence-corrected chi connectivity index (χ0v) is 10.4. The van der Waals surface area contributed by atoms with E-state index in [1.165, 1.54) is 6.07 Å². The topological polar surface area (TPSA) is 50.1 Å². The van der Waals surface area contributed by atoms with Crippen LogP contribution in [0.5, 0.6) is 0 Å². The molecule has 0 saturated heterocycles. The van der Waals surface area contributed by atoms with Gasteiger partial charge in [-0.05, 0) is 19.1 Å². The third-order valence-electron chi connectivity index (χ3n) is 1.99. The lowest BCUT2D eigenvalue weighted by Crippen LogP contribution is -2.08. The number of hydrogen-bond donors (Lipinski definition) is 0. The summed E-state index contributed by atoms with van der Waals surface area (Å²) in [5, 5.41) is 8.81. The van der Waals surface area contributed by atoms with E-state index in [0.717, 1.165) is 6.07 Å². The van der Waals surface area contributed by atoms with Crippen LogP contribution in [0, 0.1) is 11.3 Å². The van der Waals surface area contributed by atoms with E-state index < -0.39 is 12.4 Å². The summed E-state index contributed by atoms with van der Waals surface area (Å²) in [5.41, 5.74) is -0.470. The molecule has 0 amide bonds. The van der Waals surface area contributed by atoms with Crippen LogP contribution in [0.15, 0.2) is 16.6 Å². The molecule has 17 heavy (non-hydrogen) atoms. The Kier molecular flexibility index (Phi) is 4.58. The van der Waals surface area contributed by atoms with E-state index in [1.807, 2.05) is 0 Å². The van der Waals surface area contributed by atoms with Gasteiger partial charge in [-0.25, -0.2) is 13.6 Å². The fourth-order valence-electron chi connectivity index (χ4n) is 1.23. The van der Waals surface area contributed by atoms with Crippen molar-refractivity contribution in [3.8, 4) is 6.07 Å². The second-order valence-electron chi connectivity index (χ2n) is 3.05. The van der Waals surface area contributed by atoms with Gasteiger partial charge in [0.15, 0.2) is 0 Å². The quantitative estimate of drug-likeness (QED) is 0.804. The molecule has 0 aromatic heterocycles. The van der Waals surface area contributed by atoms with E-state index in [4.69, 9.17) is 10.00 Å². The minimum absolute atomic E-state index is 0.0226. The molecule has 0 aliphatic carbocycles. The molecular weight excluding hydrogens is 296 g/mol. The second kappa shape index (κ2) is 5.73. The molecule has 0 fully saturated rings. The Balaban J connectivity index is 3.30. The van der Waals surface area contributed by atoms with Crippen LogP contribution in [0.25, 0.3) is 0 Å². The summed E-state index contributed by atoms with van der Waals surface area (Å²) >= 11 is 2.93. The van der Waals surface area contributed by atoms with Gasteiger partial charge >= 0.3 is 5.97 Å². The molecule has 3 nitrogen and oxygen atoms in total. The number of halogens is 3. The lowest BCUT2D eigenvalue weighted by Gasteiger charge is -2.08. The Hall–Kier alpha value is -1.48. The van der Waals surface area contributed by atoms with E-state index in [0.29, 0.717) is 0 Å². The zero-order chi connectivity index (χ0) is 13.0. The minimum atomic E-state index is -2.72. The summed E-state index contributed by atoms with van der Waals surface area (Å²) in [4.78, 5) is 11.5. The summed E-state index contributed by atoms with van der Waals surface area (Å²) in [5.74, 6) is -0.703. The van der Waals surface area contributed by atoms with Crippen LogP contribution in [0.2, 0.25) is 0 Å². The fraction of sp³-hybridized carbons (Fsp3) is 0.273. The average molecular weight is 304 g/mol. The molecule has 0 unspecified atom stereocenters. The van der Waals surface area contributed by atoms with Crippen molar-refractivity contribution in [2.45, 2.75) is 13.3 Å². The van der Waals surface area contributed by atoms with Gasteiger partial charge in [-0.3, -0.25) is 0 Å². The van der Waals surface area contributed by atoms with E-state index in [1.54, 1.807) is 13.0 Å². The molecule has 90 valence electrons. The van der Waals surface area contributed by atoms with Gasteiger partial charge in [-0.1, -0.05) is 15.9 Å². The molecule has 0 radical (unpaired) electrons. The molecule has 0 spiro atoms. The Bertz CT molecular complexity index is 483. The summed E-state index contributed by atoms with van der Waals surface area (Å²) in [6.45, 7) is 1.77. The summed E-state index contributed by atoms with van der Waals surface area (Å²) in [6, 6.07) is 3.87. The molecule has 1 rings (SSSR count). The van der Waals surface area contributed by atoms with Gasteiger partial charge in [0.2, 0.25) is 0 Å². The summed E-state index contributed by atoms with van der Waals surface area (Å²) in [6.07, 6.45) is -2.72. The van der Waals surface area contributed by atoms with Crippen LogP contribution >= 0.6 is 15.9 Å². The number of carbonyl (C=O) groups excluding carboxylic acids is 1. The predicted octanol–water partition coefficient (Wildman–Crippen LogP) is 3.44. The number of carbonyl (C=O) groups is 1. The SMILES string of the molecule is CCOC(=O)c1cc(Br)c(C(F)F)cc1C#N. The number of hydrogen-bond acceptors (Lipinski definition) is 3. The molecule has 0 aliphatic heterocycles. The Labute approximate surface area is 105 Å². The second-order valence-corrected chi connectivity index (χ2v) is 3.91. The fourth-order valence-corrected chi connectivity index (χ4v) is 1.74. The molecular formula is C11H8BrF2NO2. The van der Waals surface area contributed by atoms with Crippen LogP contribution in [0.1, 0.15) is 34.8 Å². The molecule has 1 aromatic rings. The van der Waals surface area contributed by atoms with Gasteiger partial charge in [0, 0.05) is 10.0 Å². The van der Waals surface area contributed by atoms with E-state index in [9.17, 15) is 13.6 Å². The number of nitriles is 1. The number of alkyl halides is 2. The Morgan fingerprint density at radius 3 is 2.71 bits per heavy atom. The van der Waals surface area contributed by atoms with Gasteiger partial charge in [0.25, 0.3) is 6.43 Å². The predicted molar refractivity (Wildman–Crippen MR) is 59.8 cm³/mol. The van der Waals surface area contributed by atoms with Crippen molar-refractivity contribution in [3.63, 3.8) is 0 Å². The lowest BCUT2D eigenvalue weighted by molar-refractivity contribution is 0.0525. The van der Waals surface area contributed by atoms with Gasteiger partial charge in [-0.15, -0.1) is 0 Å². The average Bonchev–Trinajstić information content (AvgIpc) is 2.28. The lowest BCUT2D eigenvalue weighted by atomic mass is 10.1. The number of benzene rings is 1. The van der Waals surface area contributed by atoms with E-state index in [2.05, 4.69) is 15.9 Å². The van der Waals surface area contributed by atoms with Gasteiger partial charge < -0.3 is 4.74 Å². The van der Waals surface area contributed by atoms with Crippen LogP contribution in [0.3, 0.4) is 0 Å². The molecule has 1 aromatic carbocycles. The molecule has 0 aliphatic rings. The maximum atomic E-state index is 12.6. The van der Waals surface area contributed by atoms with Gasteiger partial charge in [0.1, 0.15) is 6.07 Å². The monoisotopic (exact) mass is 303 g/mol. The maximum absolute atomic E-state index is 12.6. The van der Waals surface area contributed by atoms with Gasteiger partial charge in [-0.2, -0.15) is 5.26 Å². The van der Waals surface area contributed by atoms with Crippen LogP contribution in [-0.4, -0.2) is 12.6 Å². The Morgan fingerprint density at radius 1 is 1.59 bits per heavy atom. The van der Waals surface area contributed by atoms with Crippen molar-refractivity contribution in [1.82, 2.24) is 0 Å². The van der Waals surface area contributed by atoms with E-state index in [-0.39, 0.29) is 27.8 Å². The Morgan fingerprint density at radius 2 is 2.24 bits per heavy atom. The van der Waals surface area contributed by atoms with Crippen LogP contribution in [-0.2, 0) is 4.74 Å². The van der Waals surface area contributed by atoms with Crippen LogP contribution < -0.4 is 0 Å². The highest BCUT2D eigenvalue weighted by molar-refractivity contribution is 9.10. The highest BCUT2D eigenvalue weighted by atomic mass is 79.9. The first-order chi connectivity index (χ1) is 8.01. The third-order valence-corrected chi connectivity index (χ3v) is 2.67. The zero-order valence-electron chi connectivity index (χ0n) is 8.84. The molecule has 0 bridgehead atoms. The highest BCUT2D eigenvalue weighted by Gasteiger charge is 2.19. The number of esters is 1. The van der Waals surface area contributed by atoms with Crippen molar-refractivity contribution in [2.24, 2.45) is 0 Å². The van der Waals surface area contributed by atoms with E-state index >= 15 is 0 Å². The summed E-state index contributed by atoms with van der Waals surface area (Å²) < 4.78 is 29.9. The van der Waals surface area contributed by atoms with Gasteiger partial charge in [0.05, 0.1) is 17.7 Å². The van der Waals surface area contributed by atoms with Crippen LogP contribution in [0.4, 0.5) is 8.78 Å². The van der Waals surface area contributed by atoms with Crippen molar-refractivity contribution in [1.29, 1.82) is 5.26 Å². The first-order valence-electron chi connectivity index (χ1n) is 4.70. The first-order valence-corrected chi connectivity index (χ1v) is 5.49. The maximum Gasteiger partial charge on any atom is 0.339 e. The highest BCUT2D eigenvalue weighted by Crippen LogP contribution is 2.30. The normalized spacial score (nSPS) is 10.1. The smallest absolute Gasteiger partial charge is 0.339 e. The number of nitrogens with zero attached hydrogens (tertiary/aromatic N) is 1. The summed E-state index contributed by atoms with van der Waals surface area (Å²) in [7, 11) is 0. The molecule has 6 heteroatoms. The number of ether oxygens (including phenoxy) is 1. The minimum Gasteiger partial charge on any atom is -0.462 e. The molecule has 0 saturated carbocycles. The van der Waals surface area contributed by atoms with Crippen molar-refractivity contribution < 1.29 is 18.3 Å². The molecule has 0 N–H and O–H groups in total. The van der Waals surface area contributed by atoms with Crippen molar-refractivity contribution in [3.05, 3.63) is 33.3 Å². The molecule has 0 heterocycles. The van der Waals surface area contributed by atoms with Crippen molar-refractivity contribution >= 4 is 21.9 Å². The van der Waals surface area contributed by atoms with Crippen molar-refractivity contribution in [2.75, 3.05) is 6.61 Å².